The summed E-state index contributed by atoms with van der Waals surface area (Å²) in [5.74, 6) is 0.882. The molecule has 8 heteroatoms. The summed E-state index contributed by atoms with van der Waals surface area (Å²) in [5, 5.41) is 10.4. The van der Waals surface area contributed by atoms with E-state index in [1.54, 1.807) is 12.5 Å². The summed E-state index contributed by atoms with van der Waals surface area (Å²) < 4.78 is 0.980. The number of thiocarbonyl (C=S) groups is 1. The minimum absolute atomic E-state index is 0.705. The van der Waals surface area contributed by atoms with Gasteiger partial charge in [0.25, 0.3) is 0 Å². The fourth-order valence-electron chi connectivity index (χ4n) is 1.95. The number of H-pyrrole nitrogens is 1. The Morgan fingerprint density at radius 2 is 1.96 bits per heavy atom. The molecule has 124 valence electrons. The summed E-state index contributed by atoms with van der Waals surface area (Å²) in [6.07, 6.45) is 8.29. The van der Waals surface area contributed by atoms with Gasteiger partial charge in [0.2, 0.25) is 0 Å². The number of aromatic amines is 1. The average Bonchev–Trinajstić information content (AvgIpc) is 3.06. The Morgan fingerprint density at radius 1 is 1.13 bits per heavy atom. The number of anilines is 1. The van der Waals surface area contributed by atoms with E-state index < -0.39 is 0 Å². The van der Waals surface area contributed by atoms with Crippen LogP contribution in [0.1, 0.15) is 18.5 Å². The van der Waals surface area contributed by atoms with Crippen LogP contribution in [0.15, 0.2) is 35.3 Å². The second-order valence-corrected chi connectivity index (χ2v) is 6.33. The van der Waals surface area contributed by atoms with E-state index in [0.717, 1.165) is 54.9 Å². The number of aromatic nitrogens is 3. The normalized spacial score (nSPS) is 10.3. The zero-order valence-electron chi connectivity index (χ0n) is 12.8. The fraction of sp³-hybridized carbons (Fsp3) is 0.400. The third-order valence-corrected chi connectivity index (χ3v) is 3.89. The van der Waals surface area contributed by atoms with Gasteiger partial charge in [-0.25, -0.2) is 9.97 Å². The number of halogens is 1. The lowest BCUT2D eigenvalue weighted by Gasteiger charge is -2.10. The first-order valence-corrected chi connectivity index (χ1v) is 8.78. The largest absolute Gasteiger partial charge is 0.370 e. The first-order valence-electron chi connectivity index (χ1n) is 7.58. The number of pyridine rings is 1. The Labute approximate surface area is 150 Å². The van der Waals surface area contributed by atoms with Crippen LogP contribution < -0.4 is 16.0 Å². The zero-order valence-corrected chi connectivity index (χ0v) is 15.2. The standard InChI is InChI=1S/C15H21BrN6S/c16-12-4-5-14(21-9-12)18-7-2-8-20-15(23)19-6-1-3-13-10-17-11-22-13/h4-5,9-11H,1-3,6-8H2,(H,17,22)(H,18,21)(H2,19,20,23). The van der Waals surface area contributed by atoms with E-state index in [2.05, 4.69) is 46.8 Å². The molecule has 0 aliphatic carbocycles. The number of aryl methyl sites for hydroxylation is 1. The summed E-state index contributed by atoms with van der Waals surface area (Å²) >= 11 is 8.61. The molecule has 0 bridgehead atoms. The van der Waals surface area contributed by atoms with E-state index in [9.17, 15) is 0 Å². The second-order valence-electron chi connectivity index (χ2n) is 5.01. The molecule has 2 aromatic heterocycles. The number of hydrogen-bond acceptors (Lipinski definition) is 4. The zero-order chi connectivity index (χ0) is 16.3. The lowest BCUT2D eigenvalue weighted by molar-refractivity contribution is 0.734. The van der Waals surface area contributed by atoms with Gasteiger partial charge in [0.05, 0.1) is 6.33 Å². The lowest BCUT2D eigenvalue weighted by Crippen LogP contribution is -2.36. The maximum absolute atomic E-state index is 5.24. The quantitative estimate of drug-likeness (QED) is 0.385. The molecule has 0 saturated carbocycles. The highest BCUT2D eigenvalue weighted by Crippen LogP contribution is 2.10. The molecule has 6 nitrogen and oxygen atoms in total. The Morgan fingerprint density at radius 3 is 2.65 bits per heavy atom. The van der Waals surface area contributed by atoms with Gasteiger partial charge in [-0.15, -0.1) is 0 Å². The van der Waals surface area contributed by atoms with Gasteiger partial charge >= 0.3 is 0 Å². The Bertz CT molecular complexity index is 572. The molecular weight excluding hydrogens is 376 g/mol. The molecular formula is C15H21BrN6S. The van der Waals surface area contributed by atoms with Crippen LogP contribution in [0.25, 0.3) is 0 Å². The van der Waals surface area contributed by atoms with Crippen LogP contribution >= 0.6 is 28.1 Å². The van der Waals surface area contributed by atoms with Gasteiger partial charge < -0.3 is 20.9 Å². The first-order chi connectivity index (χ1) is 11.2. The number of nitrogens with one attached hydrogen (secondary N) is 4. The van der Waals surface area contributed by atoms with Crippen LogP contribution in [0.2, 0.25) is 0 Å². The Balaban J connectivity index is 1.45. The number of imidazole rings is 1. The van der Waals surface area contributed by atoms with Crippen LogP contribution in [0.3, 0.4) is 0 Å². The molecule has 0 amide bonds. The van der Waals surface area contributed by atoms with Crippen molar-refractivity contribution in [1.29, 1.82) is 0 Å². The molecule has 4 N–H and O–H groups in total. The van der Waals surface area contributed by atoms with E-state index in [1.165, 1.54) is 0 Å². The SMILES string of the molecule is S=C(NCCCNc1ccc(Br)cn1)NCCCc1cnc[nH]1. The van der Waals surface area contributed by atoms with Gasteiger partial charge in [-0.05, 0) is 59.5 Å². The molecule has 2 aromatic rings. The Hall–Kier alpha value is -1.67. The van der Waals surface area contributed by atoms with E-state index >= 15 is 0 Å². The minimum atomic E-state index is 0.705. The molecule has 0 atom stereocenters. The lowest BCUT2D eigenvalue weighted by atomic mass is 10.2. The highest BCUT2D eigenvalue weighted by Gasteiger charge is 1.97. The highest BCUT2D eigenvalue weighted by molar-refractivity contribution is 9.10. The van der Waals surface area contributed by atoms with Crippen molar-refractivity contribution < 1.29 is 0 Å². The van der Waals surface area contributed by atoms with Gasteiger partial charge in [0.15, 0.2) is 5.11 Å². The minimum Gasteiger partial charge on any atom is -0.370 e. The monoisotopic (exact) mass is 396 g/mol. The summed E-state index contributed by atoms with van der Waals surface area (Å²) in [6.45, 7) is 2.53. The third-order valence-electron chi connectivity index (χ3n) is 3.14. The van der Waals surface area contributed by atoms with Gasteiger partial charge in [-0.3, -0.25) is 0 Å². The van der Waals surface area contributed by atoms with Crippen molar-refractivity contribution in [2.45, 2.75) is 19.3 Å². The van der Waals surface area contributed by atoms with Crippen molar-refractivity contribution >= 4 is 39.1 Å². The summed E-state index contributed by atoms with van der Waals surface area (Å²) in [6, 6.07) is 3.92. The smallest absolute Gasteiger partial charge is 0.166 e. The molecule has 0 radical (unpaired) electrons. The summed E-state index contributed by atoms with van der Waals surface area (Å²) in [4.78, 5) is 11.3. The Kier molecular flexibility index (Phi) is 7.82. The van der Waals surface area contributed by atoms with Crippen molar-refractivity contribution in [2.24, 2.45) is 0 Å². The first kappa shape index (κ1) is 17.7. The molecule has 0 saturated heterocycles. The predicted octanol–water partition coefficient (Wildman–Crippen LogP) is 2.47. The molecule has 0 spiro atoms. The molecule has 0 aliphatic heterocycles. The van der Waals surface area contributed by atoms with Crippen molar-refractivity contribution in [3.8, 4) is 0 Å². The number of nitrogens with zero attached hydrogens (tertiary/aromatic N) is 2. The van der Waals surface area contributed by atoms with Crippen molar-refractivity contribution in [3.63, 3.8) is 0 Å². The van der Waals surface area contributed by atoms with Gasteiger partial charge in [-0.2, -0.15) is 0 Å². The van der Waals surface area contributed by atoms with Crippen LogP contribution in [0.5, 0.6) is 0 Å². The van der Waals surface area contributed by atoms with Crippen molar-refractivity contribution in [3.05, 3.63) is 41.0 Å². The summed E-state index contributed by atoms with van der Waals surface area (Å²) in [5.41, 5.74) is 1.15. The molecule has 0 unspecified atom stereocenters. The molecule has 0 aliphatic rings. The van der Waals surface area contributed by atoms with Crippen LogP contribution in [0.4, 0.5) is 5.82 Å². The van der Waals surface area contributed by atoms with Gasteiger partial charge in [-0.1, -0.05) is 0 Å². The van der Waals surface area contributed by atoms with Crippen molar-refractivity contribution in [1.82, 2.24) is 25.6 Å². The van der Waals surface area contributed by atoms with E-state index in [4.69, 9.17) is 12.2 Å². The van der Waals surface area contributed by atoms with Crippen LogP contribution in [-0.4, -0.2) is 39.7 Å². The summed E-state index contributed by atoms with van der Waals surface area (Å²) in [7, 11) is 0. The maximum Gasteiger partial charge on any atom is 0.166 e. The van der Waals surface area contributed by atoms with Crippen molar-refractivity contribution in [2.75, 3.05) is 25.0 Å². The van der Waals surface area contributed by atoms with Crippen LogP contribution in [0, 0.1) is 0 Å². The van der Waals surface area contributed by atoms with Crippen LogP contribution in [-0.2, 0) is 6.42 Å². The predicted molar refractivity (Wildman–Crippen MR) is 101 cm³/mol. The maximum atomic E-state index is 5.24. The second kappa shape index (κ2) is 10.2. The molecule has 2 rings (SSSR count). The van der Waals surface area contributed by atoms with E-state index in [1.807, 2.05) is 18.3 Å². The number of rotatable bonds is 9. The highest BCUT2D eigenvalue weighted by atomic mass is 79.9. The molecule has 0 aromatic carbocycles. The molecule has 2 heterocycles. The number of hydrogen-bond donors (Lipinski definition) is 4. The topological polar surface area (TPSA) is 77.7 Å². The molecule has 23 heavy (non-hydrogen) atoms. The van der Waals surface area contributed by atoms with Gasteiger partial charge in [0, 0.05) is 42.2 Å². The van der Waals surface area contributed by atoms with E-state index in [0.29, 0.717) is 5.11 Å². The fourth-order valence-corrected chi connectivity index (χ4v) is 2.39. The molecule has 0 fully saturated rings. The van der Waals surface area contributed by atoms with E-state index in [-0.39, 0.29) is 0 Å². The third kappa shape index (κ3) is 7.43. The average molecular weight is 397 g/mol. The van der Waals surface area contributed by atoms with Gasteiger partial charge in [0.1, 0.15) is 5.82 Å².